The lowest BCUT2D eigenvalue weighted by Gasteiger charge is -2.15. The van der Waals surface area contributed by atoms with Crippen LogP contribution >= 0.6 is 0 Å². The summed E-state index contributed by atoms with van der Waals surface area (Å²) in [6, 6.07) is 1.93. The molecule has 0 aromatic heterocycles. The van der Waals surface area contributed by atoms with Gasteiger partial charge in [-0.3, -0.25) is 9.59 Å². The van der Waals surface area contributed by atoms with E-state index in [4.69, 9.17) is 11.8 Å². The molecule has 0 saturated heterocycles. The summed E-state index contributed by atoms with van der Waals surface area (Å²) in [5.74, 6) is -0.125. The molecule has 0 bridgehead atoms. The average Bonchev–Trinajstić information content (AvgIpc) is 3.43. The molecule has 0 radical (unpaired) electrons. The largest absolute Gasteiger partial charge is 0.393 e. The highest BCUT2D eigenvalue weighted by Gasteiger charge is 2.50. The van der Waals surface area contributed by atoms with Crippen LogP contribution in [0.4, 0.5) is 0 Å². The van der Waals surface area contributed by atoms with E-state index in [1.54, 1.807) is 0 Å². The van der Waals surface area contributed by atoms with Crippen LogP contribution in [0, 0.1) is 28.7 Å². The summed E-state index contributed by atoms with van der Waals surface area (Å²) in [6.45, 7) is 6.69. The van der Waals surface area contributed by atoms with E-state index in [9.17, 15) is 14.7 Å². The van der Waals surface area contributed by atoms with E-state index < -0.39 is 6.10 Å². The zero-order chi connectivity index (χ0) is 17.6. The quantitative estimate of drug-likeness (QED) is 0.449. The molecule has 2 aliphatic carbocycles. The van der Waals surface area contributed by atoms with Gasteiger partial charge in [0.2, 0.25) is 0 Å². The van der Waals surface area contributed by atoms with E-state index in [1.807, 2.05) is 6.07 Å². The molecule has 0 aliphatic heterocycles. The Kier molecular flexibility index (Phi) is 5.96. The Bertz CT molecular complexity index is 515. The van der Waals surface area contributed by atoms with Crippen LogP contribution in [0.1, 0.15) is 70.6 Å². The lowest BCUT2D eigenvalue weighted by molar-refractivity contribution is -0.125. The SMILES string of the molecule is [C-]#[N+]NC(=O)C1(CCCC(O)CCCC2(C(=O)CC#N)CC2)CC1. The minimum absolute atomic E-state index is 0.00267. The molecule has 130 valence electrons. The first kappa shape index (κ1) is 18.4. The van der Waals surface area contributed by atoms with Gasteiger partial charge in [0, 0.05) is 5.41 Å². The molecule has 1 atom stereocenters. The number of nitrogens with zero attached hydrogens (tertiary/aromatic N) is 2. The molecule has 2 fully saturated rings. The molecule has 2 rings (SSSR count). The second-order valence-corrected chi connectivity index (χ2v) is 7.31. The Hall–Kier alpha value is -1.92. The predicted molar refractivity (Wildman–Crippen MR) is 87.0 cm³/mol. The van der Waals surface area contributed by atoms with E-state index in [1.165, 1.54) is 0 Å². The van der Waals surface area contributed by atoms with E-state index in [0.717, 1.165) is 51.4 Å². The maximum absolute atomic E-state index is 11.9. The topological polar surface area (TPSA) is 94.5 Å². The van der Waals surface area contributed by atoms with Crippen molar-refractivity contribution in [2.45, 2.75) is 76.7 Å². The van der Waals surface area contributed by atoms with E-state index in [2.05, 4.69) is 10.4 Å². The van der Waals surface area contributed by atoms with Gasteiger partial charge in [-0.25, -0.2) is 0 Å². The van der Waals surface area contributed by atoms with Crippen molar-refractivity contribution in [3.8, 4) is 6.07 Å². The predicted octanol–water partition coefficient (Wildman–Crippen LogP) is 2.68. The molecule has 6 heteroatoms. The number of carbonyl (C=O) groups is 2. The smallest absolute Gasteiger partial charge is 0.294 e. The number of rotatable bonds is 11. The van der Waals surface area contributed by atoms with Gasteiger partial charge in [0.1, 0.15) is 0 Å². The molecule has 1 amide bonds. The van der Waals surface area contributed by atoms with Crippen molar-refractivity contribution in [1.82, 2.24) is 5.43 Å². The number of amides is 1. The fraction of sp³-hybridized carbons (Fsp3) is 0.778. The lowest BCUT2D eigenvalue weighted by atomic mass is 9.90. The van der Waals surface area contributed by atoms with Crippen LogP contribution in [0.3, 0.4) is 0 Å². The summed E-state index contributed by atoms with van der Waals surface area (Å²) >= 11 is 0. The second-order valence-electron chi connectivity index (χ2n) is 7.31. The fourth-order valence-electron chi connectivity index (χ4n) is 3.49. The van der Waals surface area contributed by atoms with Crippen LogP contribution in [-0.4, -0.2) is 22.9 Å². The number of aliphatic hydroxyl groups is 1. The summed E-state index contributed by atoms with van der Waals surface area (Å²) in [5, 5.41) is 18.7. The van der Waals surface area contributed by atoms with Crippen molar-refractivity contribution in [3.05, 3.63) is 11.5 Å². The molecule has 24 heavy (non-hydrogen) atoms. The fourth-order valence-corrected chi connectivity index (χ4v) is 3.49. The standard InChI is InChI=1S/C18H25N3O3/c1-20-21-16(24)18(11-12-18)8-3-5-14(22)4-2-7-17(9-10-17)15(23)6-13-19/h14,22H,2-12H2,(H,21,24). The van der Waals surface area contributed by atoms with Crippen molar-refractivity contribution >= 4 is 11.7 Å². The maximum Gasteiger partial charge on any atom is 0.294 e. The molecule has 6 nitrogen and oxygen atoms in total. The number of Topliss-reactive ketones (excluding diaryl/α,β-unsaturated/α-hetero) is 1. The number of nitriles is 1. The highest BCUT2D eigenvalue weighted by atomic mass is 16.3. The van der Waals surface area contributed by atoms with E-state index in [-0.39, 0.29) is 28.9 Å². The van der Waals surface area contributed by atoms with Crippen LogP contribution in [-0.2, 0) is 9.59 Å². The monoisotopic (exact) mass is 331 g/mol. The Labute approximate surface area is 143 Å². The maximum atomic E-state index is 11.9. The average molecular weight is 331 g/mol. The lowest BCUT2D eigenvalue weighted by Crippen LogP contribution is -2.27. The molecule has 1 unspecified atom stereocenters. The third kappa shape index (κ3) is 4.55. The normalized spacial score (nSPS) is 20.3. The Morgan fingerprint density at radius 1 is 1.17 bits per heavy atom. The summed E-state index contributed by atoms with van der Waals surface area (Å²) < 4.78 is 0. The van der Waals surface area contributed by atoms with Crippen LogP contribution < -0.4 is 5.43 Å². The van der Waals surface area contributed by atoms with Crippen molar-refractivity contribution in [3.63, 3.8) is 0 Å². The number of carbonyl (C=O) groups excluding carboxylic acids is 2. The molecule has 2 saturated carbocycles. The van der Waals surface area contributed by atoms with Gasteiger partial charge in [0.05, 0.1) is 24.0 Å². The Morgan fingerprint density at radius 2 is 1.71 bits per heavy atom. The molecule has 0 aromatic carbocycles. The molecule has 2 N–H and O–H groups in total. The van der Waals surface area contributed by atoms with Gasteiger partial charge in [-0.15, -0.1) is 0 Å². The summed E-state index contributed by atoms with van der Waals surface area (Å²) in [4.78, 5) is 26.6. The first-order valence-corrected chi connectivity index (χ1v) is 8.73. The van der Waals surface area contributed by atoms with Crippen molar-refractivity contribution in [2.75, 3.05) is 0 Å². The zero-order valence-electron chi connectivity index (χ0n) is 14.0. The number of hydrogen-bond donors (Lipinski definition) is 2. The van der Waals surface area contributed by atoms with Crippen LogP contribution in [0.15, 0.2) is 0 Å². The highest BCUT2D eigenvalue weighted by Crippen LogP contribution is 2.52. The Balaban J connectivity index is 1.60. The first-order chi connectivity index (χ1) is 11.5. The van der Waals surface area contributed by atoms with Gasteiger partial charge in [-0.1, -0.05) is 5.43 Å². The third-order valence-corrected chi connectivity index (χ3v) is 5.56. The Morgan fingerprint density at radius 3 is 2.17 bits per heavy atom. The number of ketones is 1. The minimum Gasteiger partial charge on any atom is -0.393 e. The van der Waals surface area contributed by atoms with Gasteiger partial charge in [0.15, 0.2) is 5.78 Å². The highest BCUT2D eigenvalue weighted by molar-refractivity contribution is 5.88. The van der Waals surface area contributed by atoms with Gasteiger partial charge >= 0.3 is 0 Å². The summed E-state index contributed by atoms with van der Waals surface area (Å²) in [7, 11) is 0. The van der Waals surface area contributed by atoms with Gasteiger partial charge in [-0.2, -0.15) is 16.8 Å². The van der Waals surface area contributed by atoms with Gasteiger partial charge < -0.3 is 5.11 Å². The van der Waals surface area contributed by atoms with Crippen molar-refractivity contribution in [2.24, 2.45) is 10.8 Å². The van der Waals surface area contributed by atoms with Crippen molar-refractivity contribution in [1.29, 1.82) is 5.26 Å². The van der Waals surface area contributed by atoms with Gasteiger partial charge in [-0.05, 0) is 64.2 Å². The van der Waals surface area contributed by atoms with Crippen molar-refractivity contribution < 1.29 is 14.7 Å². The first-order valence-electron chi connectivity index (χ1n) is 8.73. The van der Waals surface area contributed by atoms with Crippen LogP contribution in [0.2, 0.25) is 0 Å². The molecule has 2 aliphatic rings. The minimum atomic E-state index is -0.411. The third-order valence-electron chi connectivity index (χ3n) is 5.56. The molecular weight excluding hydrogens is 306 g/mol. The van der Waals surface area contributed by atoms with Crippen LogP contribution in [0.25, 0.3) is 4.95 Å². The van der Waals surface area contributed by atoms with Gasteiger partial charge in [0.25, 0.3) is 5.91 Å². The zero-order valence-corrected chi connectivity index (χ0v) is 14.0. The number of aliphatic hydroxyl groups excluding tert-OH is 1. The molecule has 0 spiro atoms. The van der Waals surface area contributed by atoms with E-state index in [0.29, 0.717) is 12.8 Å². The number of nitrogens with one attached hydrogen (secondary N) is 1. The number of hydrogen-bond acceptors (Lipinski definition) is 4. The van der Waals surface area contributed by atoms with E-state index >= 15 is 0 Å². The van der Waals surface area contributed by atoms with Crippen LogP contribution in [0.5, 0.6) is 0 Å². The molecular formula is C18H25N3O3. The summed E-state index contributed by atoms with van der Waals surface area (Å²) in [5.41, 5.74) is 1.56. The second kappa shape index (κ2) is 7.77. The summed E-state index contributed by atoms with van der Waals surface area (Å²) in [6.07, 6.45) is 7.34. The molecule has 0 heterocycles. The molecule has 0 aromatic rings.